The second-order valence-corrected chi connectivity index (χ2v) is 6.39. The molecule has 4 heteroatoms. The van der Waals surface area contributed by atoms with Crippen molar-refractivity contribution in [3.05, 3.63) is 27.7 Å². The van der Waals surface area contributed by atoms with Gasteiger partial charge in [0.05, 0.1) is 6.61 Å². The normalized spacial score (nSPS) is 15.3. The van der Waals surface area contributed by atoms with E-state index in [1.54, 1.807) is 0 Å². The Balaban J connectivity index is 2.17. The van der Waals surface area contributed by atoms with Gasteiger partial charge in [-0.3, -0.25) is 0 Å². The largest absolute Gasteiger partial charge is 0.493 e. The first-order valence-corrected chi connectivity index (χ1v) is 8.59. The van der Waals surface area contributed by atoms with Crippen LogP contribution < -0.4 is 10.1 Å². The van der Waals surface area contributed by atoms with Gasteiger partial charge in [-0.2, -0.15) is 11.8 Å². The first-order chi connectivity index (χ1) is 8.74. The highest BCUT2D eigenvalue weighted by molar-refractivity contribution is 9.10. The minimum Gasteiger partial charge on any atom is -0.493 e. The first kappa shape index (κ1) is 14.2. The van der Waals surface area contributed by atoms with E-state index in [9.17, 15) is 0 Å². The van der Waals surface area contributed by atoms with Gasteiger partial charge < -0.3 is 10.1 Å². The number of hydrogen-bond acceptors (Lipinski definition) is 3. The number of fused-ring (bicyclic) bond motifs is 1. The van der Waals surface area contributed by atoms with E-state index in [0.29, 0.717) is 6.04 Å². The average Bonchev–Trinajstić information content (AvgIpc) is 2.77. The van der Waals surface area contributed by atoms with Crippen LogP contribution in [0.15, 0.2) is 16.6 Å². The van der Waals surface area contributed by atoms with E-state index in [4.69, 9.17) is 4.74 Å². The van der Waals surface area contributed by atoms with Crippen LogP contribution in [0.3, 0.4) is 0 Å². The Bertz CT molecular complexity index is 405. The van der Waals surface area contributed by atoms with Gasteiger partial charge in [-0.05, 0) is 42.5 Å². The maximum Gasteiger partial charge on any atom is 0.125 e. The van der Waals surface area contributed by atoms with Crippen molar-refractivity contribution in [3.8, 4) is 5.75 Å². The zero-order chi connectivity index (χ0) is 13.0. The summed E-state index contributed by atoms with van der Waals surface area (Å²) in [6.07, 6.45) is 4.23. The van der Waals surface area contributed by atoms with Crippen molar-refractivity contribution in [2.24, 2.45) is 0 Å². The highest BCUT2D eigenvalue weighted by atomic mass is 79.9. The Labute approximate surface area is 122 Å². The van der Waals surface area contributed by atoms with Crippen molar-refractivity contribution >= 4 is 27.7 Å². The molecule has 0 fully saturated rings. The molecule has 0 amide bonds. The summed E-state index contributed by atoms with van der Waals surface area (Å²) in [4.78, 5) is 0. The van der Waals surface area contributed by atoms with Crippen LogP contribution >= 0.6 is 27.7 Å². The quantitative estimate of drug-likeness (QED) is 0.865. The van der Waals surface area contributed by atoms with E-state index in [2.05, 4.69) is 46.6 Å². The molecule has 1 N–H and O–H groups in total. The van der Waals surface area contributed by atoms with Crippen LogP contribution in [0.1, 0.15) is 18.1 Å². The number of hydrogen-bond donors (Lipinski definition) is 1. The average molecular weight is 330 g/mol. The lowest BCUT2D eigenvalue weighted by atomic mass is 10.0. The highest BCUT2D eigenvalue weighted by Crippen LogP contribution is 2.33. The predicted molar refractivity (Wildman–Crippen MR) is 82.9 cm³/mol. The molecule has 18 heavy (non-hydrogen) atoms. The fraction of sp³-hybridized carbons (Fsp3) is 0.571. The van der Waals surface area contributed by atoms with E-state index in [1.807, 2.05) is 11.8 Å². The topological polar surface area (TPSA) is 21.3 Å². The monoisotopic (exact) mass is 329 g/mol. The molecule has 2 rings (SSSR count). The van der Waals surface area contributed by atoms with Gasteiger partial charge >= 0.3 is 0 Å². The molecular weight excluding hydrogens is 310 g/mol. The van der Waals surface area contributed by atoms with E-state index in [0.717, 1.165) is 37.5 Å². The molecule has 0 saturated carbocycles. The van der Waals surface area contributed by atoms with E-state index in [1.165, 1.54) is 15.6 Å². The van der Waals surface area contributed by atoms with Crippen LogP contribution in [0, 0.1) is 0 Å². The van der Waals surface area contributed by atoms with Crippen molar-refractivity contribution in [2.45, 2.75) is 25.8 Å². The third-order valence-electron chi connectivity index (χ3n) is 3.15. The summed E-state index contributed by atoms with van der Waals surface area (Å²) in [7, 11) is 0. The molecule has 0 aromatic heterocycles. The van der Waals surface area contributed by atoms with Crippen molar-refractivity contribution in [1.82, 2.24) is 5.32 Å². The van der Waals surface area contributed by atoms with E-state index >= 15 is 0 Å². The number of likely N-dealkylation sites (N-methyl/N-ethyl adjacent to an activating group) is 1. The highest BCUT2D eigenvalue weighted by Gasteiger charge is 2.19. The summed E-state index contributed by atoms with van der Waals surface area (Å²) in [5, 5.41) is 3.55. The molecule has 0 aliphatic carbocycles. The van der Waals surface area contributed by atoms with Crippen LogP contribution in [0.5, 0.6) is 5.75 Å². The van der Waals surface area contributed by atoms with Gasteiger partial charge in [0.25, 0.3) is 0 Å². The summed E-state index contributed by atoms with van der Waals surface area (Å²) < 4.78 is 6.95. The molecule has 1 aliphatic heterocycles. The molecule has 1 unspecified atom stereocenters. The molecule has 0 bridgehead atoms. The molecule has 1 aromatic carbocycles. The molecule has 2 nitrogen and oxygen atoms in total. The zero-order valence-corrected chi connectivity index (χ0v) is 13.4. The summed E-state index contributed by atoms with van der Waals surface area (Å²) in [6.45, 7) is 4.00. The number of nitrogens with one attached hydrogen (secondary N) is 1. The van der Waals surface area contributed by atoms with Crippen LogP contribution in [-0.4, -0.2) is 31.2 Å². The fourth-order valence-corrected chi connectivity index (χ4v) is 3.63. The molecule has 0 spiro atoms. The van der Waals surface area contributed by atoms with Gasteiger partial charge in [-0.25, -0.2) is 0 Å². The SMILES string of the molecule is CCNC(CSC)Cc1cc(Br)cc2c1OCC2. The van der Waals surface area contributed by atoms with Crippen LogP contribution in [0.2, 0.25) is 0 Å². The Morgan fingerprint density at radius 3 is 3.06 bits per heavy atom. The molecule has 1 heterocycles. The van der Waals surface area contributed by atoms with Gasteiger partial charge in [0.15, 0.2) is 0 Å². The Morgan fingerprint density at radius 2 is 2.33 bits per heavy atom. The number of ether oxygens (including phenoxy) is 1. The number of rotatable bonds is 6. The van der Waals surface area contributed by atoms with Gasteiger partial charge in [-0.1, -0.05) is 22.9 Å². The van der Waals surface area contributed by atoms with Gasteiger partial charge in [-0.15, -0.1) is 0 Å². The Morgan fingerprint density at radius 1 is 1.50 bits per heavy atom. The van der Waals surface area contributed by atoms with Crippen molar-refractivity contribution in [2.75, 3.05) is 25.2 Å². The van der Waals surface area contributed by atoms with Crippen LogP contribution in [0.25, 0.3) is 0 Å². The molecule has 0 saturated heterocycles. The van der Waals surface area contributed by atoms with Crippen LogP contribution in [0.4, 0.5) is 0 Å². The van der Waals surface area contributed by atoms with Crippen molar-refractivity contribution < 1.29 is 4.74 Å². The second kappa shape index (κ2) is 6.83. The van der Waals surface area contributed by atoms with Crippen LogP contribution in [-0.2, 0) is 12.8 Å². The molecule has 1 aromatic rings. The van der Waals surface area contributed by atoms with Crippen molar-refractivity contribution in [1.29, 1.82) is 0 Å². The second-order valence-electron chi connectivity index (χ2n) is 4.57. The van der Waals surface area contributed by atoms with E-state index in [-0.39, 0.29) is 0 Å². The maximum atomic E-state index is 5.79. The number of halogens is 1. The van der Waals surface area contributed by atoms with Gasteiger partial charge in [0.2, 0.25) is 0 Å². The molecule has 100 valence electrons. The summed E-state index contributed by atoms with van der Waals surface area (Å²) in [5.41, 5.74) is 2.68. The molecule has 1 aliphatic rings. The maximum absolute atomic E-state index is 5.79. The lowest BCUT2D eigenvalue weighted by molar-refractivity contribution is 0.352. The molecule has 1 atom stereocenters. The lowest BCUT2D eigenvalue weighted by Crippen LogP contribution is -2.33. The third kappa shape index (κ3) is 3.43. The summed E-state index contributed by atoms with van der Waals surface area (Å²) in [6, 6.07) is 4.91. The standard InChI is InChI=1S/C14H20BrNOS/c1-3-16-13(9-18-2)8-11-7-12(15)6-10-4-5-17-14(10)11/h6-7,13,16H,3-5,8-9H2,1-2H3. The Kier molecular flexibility index (Phi) is 5.39. The number of thioether (sulfide) groups is 1. The minimum atomic E-state index is 0.521. The van der Waals surface area contributed by atoms with Crippen molar-refractivity contribution in [3.63, 3.8) is 0 Å². The lowest BCUT2D eigenvalue weighted by Gasteiger charge is -2.18. The fourth-order valence-electron chi connectivity index (χ4n) is 2.44. The molecular formula is C14H20BrNOS. The third-order valence-corrected chi connectivity index (χ3v) is 4.35. The van der Waals surface area contributed by atoms with E-state index < -0.39 is 0 Å². The van der Waals surface area contributed by atoms with Gasteiger partial charge in [0, 0.05) is 22.7 Å². The van der Waals surface area contributed by atoms with Gasteiger partial charge in [0.1, 0.15) is 5.75 Å². The summed E-state index contributed by atoms with van der Waals surface area (Å²) >= 11 is 5.49. The first-order valence-electron chi connectivity index (χ1n) is 6.41. The Hall–Kier alpha value is -0.190. The summed E-state index contributed by atoms with van der Waals surface area (Å²) in [5.74, 6) is 2.26. The predicted octanol–water partition coefficient (Wildman–Crippen LogP) is 3.27. The zero-order valence-electron chi connectivity index (χ0n) is 11.0. The number of benzene rings is 1. The minimum absolute atomic E-state index is 0.521. The molecule has 0 radical (unpaired) electrons. The smallest absolute Gasteiger partial charge is 0.125 e.